The Kier molecular flexibility index (Phi) is 64.9. The van der Waals surface area contributed by atoms with Gasteiger partial charge in [0, 0.05) is 25.7 Å². The predicted molar refractivity (Wildman–Crippen MR) is 372 cm³/mol. The summed E-state index contributed by atoms with van der Waals surface area (Å²) in [5.74, 6) is -1.39. The minimum Gasteiger partial charge on any atom is -0.462 e. The molecule has 0 fully saturated rings. The zero-order valence-electron chi connectivity index (χ0n) is 59.7. The van der Waals surface area contributed by atoms with Gasteiger partial charge in [-0.1, -0.05) is 330 Å². The second-order valence-electron chi connectivity index (χ2n) is 26.6. The highest BCUT2D eigenvalue weighted by Crippen LogP contribution is 2.45. The topological polar surface area (TPSA) is 237 Å². The van der Waals surface area contributed by atoms with Gasteiger partial charge in [0.05, 0.1) is 26.4 Å². The van der Waals surface area contributed by atoms with Gasteiger partial charge >= 0.3 is 39.5 Å². The summed E-state index contributed by atoms with van der Waals surface area (Å²) in [4.78, 5) is 72.6. The van der Waals surface area contributed by atoms with Gasteiger partial charge in [0.1, 0.15) is 19.3 Å². The molecule has 0 aromatic heterocycles. The first-order valence-corrected chi connectivity index (χ1v) is 41.2. The first kappa shape index (κ1) is 90.1. The standard InChI is InChI=1S/C73H142O17P2/c1-6-10-13-16-19-22-25-27-28-29-30-31-32-33-36-39-42-49-54-59-73(78)89-68(62-83-70(75)56-51-46-40-37-35-26-23-20-17-14-11-7-2)64-87-91(79,80)85-60-67(74)61-86-92(81,82)88-65-69(63-84-71(76)57-52-47-44-43-45-50-55-66(5)9-4)90-72(77)58-53-48-41-38-34-24-21-18-15-12-8-3/h66-69,74H,6-65H2,1-5H3,(H,79,80)(H,81,82)/t66?,67-,68-,69-/m1/s1. The van der Waals surface area contributed by atoms with E-state index < -0.39 is 97.5 Å². The second-order valence-corrected chi connectivity index (χ2v) is 29.5. The van der Waals surface area contributed by atoms with E-state index in [2.05, 4.69) is 34.6 Å². The maximum absolute atomic E-state index is 13.1. The van der Waals surface area contributed by atoms with E-state index in [9.17, 15) is 43.2 Å². The van der Waals surface area contributed by atoms with Crippen LogP contribution in [0.15, 0.2) is 0 Å². The third kappa shape index (κ3) is 65.4. The molecule has 17 nitrogen and oxygen atoms in total. The number of carbonyl (C=O) groups is 4. The van der Waals surface area contributed by atoms with Crippen molar-refractivity contribution in [1.29, 1.82) is 0 Å². The molecule has 0 saturated heterocycles. The SMILES string of the molecule is CCCCCCCCCCCCCCCCCCCCCC(=O)O[C@H](COC(=O)CCCCCCCCCCCCCC)COP(=O)(O)OC[C@@H](O)COP(=O)(O)OC[C@@H](COC(=O)CCCCCCCCC(C)CC)OC(=O)CCCCCCCCCCCCC. The molecule has 546 valence electrons. The number of aliphatic hydroxyl groups excluding tert-OH is 1. The largest absolute Gasteiger partial charge is 0.472 e. The summed E-state index contributed by atoms with van der Waals surface area (Å²) >= 11 is 0. The molecule has 0 spiro atoms. The quantitative estimate of drug-likeness (QED) is 0.0222. The maximum Gasteiger partial charge on any atom is 0.472 e. The molecule has 19 heteroatoms. The minimum absolute atomic E-state index is 0.106. The summed E-state index contributed by atoms with van der Waals surface area (Å²) in [5.41, 5.74) is 0. The summed E-state index contributed by atoms with van der Waals surface area (Å²) in [5, 5.41) is 10.6. The van der Waals surface area contributed by atoms with E-state index in [1.165, 1.54) is 199 Å². The number of ether oxygens (including phenoxy) is 4. The van der Waals surface area contributed by atoms with Crippen LogP contribution in [-0.2, 0) is 65.4 Å². The zero-order valence-corrected chi connectivity index (χ0v) is 61.5. The van der Waals surface area contributed by atoms with Crippen molar-refractivity contribution in [1.82, 2.24) is 0 Å². The molecule has 0 aliphatic heterocycles. The Morgan fingerprint density at radius 3 is 0.772 bits per heavy atom. The van der Waals surface area contributed by atoms with Crippen molar-refractivity contribution < 1.29 is 80.2 Å². The van der Waals surface area contributed by atoms with E-state index in [0.29, 0.717) is 25.7 Å². The van der Waals surface area contributed by atoms with E-state index in [0.717, 1.165) is 102 Å². The molecule has 0 aliphatic rings. The molecule has 0 heterocycles. The fourth-order valence-electron chi connectivity index (χ4n) is 11.1. The molecule has 0 amide bonds. The van der Waals surface area contributed by atoms with Crippen LogP contribution in [0.3, 0.4) is 0 Å². The van der Waals surface area contributed by atoms with E-state index in [-0.39, 0.29) is 25.7 Å². The lowest BCUT2D eigenvalue weighted by atomic mass is 10.00. The van der Waals surface area contributed by atoms with Crippen LogP contribution in [0.25, 0.3) is 0 Å². The lowest BCUT2D eigenvalue weighted by Crippen LogP contribution is -2.30. The van der Waals surface area contributed by atoms with Crippen molar-refractivity contribution in [3.05, 3.63) is 0 Å². The number of phosphoric acid groups is 2. The molecule has 0 saturated carbocycles. The van der Waals surface area contributed by atoms with Gasteiger partial charge in [-0.3, -0.25) is 37.3 Å². The van der Waals surface area contributed by atoms with Gasteiger partial charge in [0.25, 0.3) is 0 Å². The van der Waals surface area contributed by atoms with Gasteiger partial charge in [-0.25, -0.2) is 9.13 Å². The fourth-order valence-corrected chi connectivity index (χ4v) is 12.7. The zero-order chi connectivity index (χ0) is 67.7. The first-order chi connectivity index (χ1) is 44.6. The third-order valence-electron chi connectivity index (χ3n) is 17.4. The predicted octanol–water partition coefficient (Wildman–Crippen LogP) is 21.3. The smallest absolute Gasteiger partial charge is 0.462 e. The Hall–Kier alpha value is -1.94. The van der Waals surface area contributed by atoms with Gasteiger partial charge in [0.15, 0.2) is 12.2 Å². The van der Waals surface area contributed by atoms with Gasteiger partial charge in [-0.15, -0.1) is 0 Å². The number of carbonyl (C=O) groups excluding carboxylic acids is 4. The molecule has 0 aliphatic carbocycles. The number of unbranched alkanes of at least 4 members (excludes halogenated alkanes) is 44. The van der Waals surface area contributed by atoms with Crippen LogP contribution in [0.5, 0.6) is 0 Å². The molecule has 0 rings (SSSR count). The minimum atomic E-state index is -4.95. The molecule has 0 radical (unpaired) electrons. The molecule has 6 atom stereocenters. The molecular formula is C73H142O17P2. The second kappa shape index (κ2) is 66.3. The Morgan fingerprint density at radius 1 is 0.304 bits per heavy atom. The van der Waals surface area contributed by atoms with Gasteiger partial charge in [0.2, 0.25) is 0 Å². The monoisotopic (exact) mass is 1350 g/mol. The summed E-state index contributed by atoms with van der Waals surface area (Å²) < 4.78 is 68.4. The van der Waals surface area contributed by atoms with E-state index >= 15 is 0 Å². The normalized spacial score (nSPS) is 14.3. The number of hydrogen-bond acceptors (Lipinski definition) is 15. The van der Waals surface area contributed by atoms with Crippen LogP contribution < -0.4 is 0 Å². The highest BCUT2D eigenvalue weighted by atomic mass is 31.2. The average Bonchev–Trinajstić information content (AvgIpc) is 2.05. The number of hydrogen-bond donors (Lipinski definition) is 3. The number of rotatable bonds is 73. The first-order valence-electron chi connectivity index (χ1n) is 38.2. The molecule has 0 aromatic rings. The lowest BCUT2D eigenvalue weighted by molar-refractivity contribution is -0.161. The van der Waals surface area contributed by atoms with E-state index in [4.69, 9.17) is 37.0 Å². The van der Waals surface area contributed by atoms with Crippen molar-refractivity contribution in [2.75, 3.05) is 39.6 Å². The van der Waals surface area contributed by atoms with E-state index in [1.807, 2.05) is 0 Å². The Bertz CT molecular complexity index is 1770. The van der Waals surface area contributed by atoms with Crippen molar-refractivity contribution in [3.8, 4) is 0 Å². The van der Waals surface area contributed by atoms with Crippen LogP contribution in [0.1, 0.15) is 381 Å². The number of phosphoric ester groups is 2. The van der Waals surface area contributed by atoms with E-state index in [1.54, 1.807) is 0 Å². The van der Waals surface area contributed by atoms with Crippen LogP contribution >= 0.6 is 15.6 Å². The number of aliphatic hydroxyl groups is 1. The average molecular weight is 1350 g/mol. The van der Waals surface area contributed by atoms with Gasteiger partial charge in [-0.2, -0.15) is 0 Å². The van der Waals surface area contributed by atoms with Gasteiger partial charge < -0.3 is 33.8 Å². The Morgan fingerprint density at radius 2 is 0.522 bits per heavy atom. The van der Waals surface area contributed by atoms with Crippen LogP contribution in [0.4, 0.5) is 0 Å². The fraction of sp³-hybridized carbons (Fsp3) is 0.945. The molecule has 3 N–H and O–H groups in total. The summed E-state index contributed by atoms with van der Waals surface area (Å²) in [6.45, 7) is 7.22. The molecule has 3 unspecified atom stereocenters. The summed E-state index contributed by atoms with van der Waals surface area (Å²) in [7, 11) is -9.90. The molecule has 92 heavy (non-hydrogen) atoms. The Balaban J connectivity index is 5.21. The van der Waals surface area contributed by atoms with Crippen molar-refractivity contribution in [3.63, 3.8) is 0 Å². The summed E-state index contributed by atoms with van der Waals surface area (Å²) in [6, 6.07) is 0. The van der Waals surface area contributed by atoms with Crippen LogP contribution in [-0.4, -0.2) is 96.7 Å². The van der Waals surface area contributed by atoms with Crippen molar-refractivity contribution in [2.45, 2.75) is 400 Å². The maximum atomic E-state index is 13.1. The lowest BCUT2D eigenvalue weighted by Gasteiger charge is -2.21. The van der Waals surface area contributed by atoms with Gasteiger partial charge in [-0.05, 0) is 31.6 Å². The summed E-state index contributed by atoms with van der Waals surface area (Å²) in [6.07, 6.45) is 54.1. The number of esters is 4. The molecule has 0 aromatic carbocycles. The van der Waals surface area contributed by atoms with Crippen LogP contribution in [0, 0.1) is 5.92 Å². The highest BCUT2D eigenvalue weighted by molar-refractivity contribution is 7.47. The van der Waals surface area contributed by atoms with Crippen molar-refractivity contribution >= 4 is 39.5 Å². The third-order valence-corrected chi connectivity index (χ3v) is 19.3. The molecule has 0 bridgehead atoms. The van der Waals surface area contributed by atoms with Crippen LogP contribution in [0.2, 0.25) is 0 Å². The molecular weight excluding hydrogens is 1210 g/mol. The highest BCUT2D eigenvalue weighted by Gasteiger charge is 2.30. The Labute approximate surface area is 562 Å². The van der Waals surface area contributed by atoms with Crippen molar-refractivity contribution in [2.24, 2.45) is 5.92 Å².